The Bertz CT molecular complexity index is 749. The van der Waals surface area contributed by atoms with Crippen molar-refractivity contribution in [1.82, 2.24) is 15.2 Å². The van der Waals surface area contributed by atoms with Gasteiger partial charge in [-0.1, -0.05) is 30.3 Å². The molecule has 2 atom stereocenters. The average molecular weight is 349 g/mol. The van der Waals surface area contributed by atoms with Crippen LogP contribution in [0.4, 0.5) is 13.2 Å². The summed E-state index contributed by atoms with van der Waals surface area (Å²) in [6, 6.07) is 10.4. The maximum absolute atomic E-state index is 13.1. The first-order valence-corrected chi connectivity index (χ1v) is 7.95. The Balaban J connectivity index is 1.84. The summed E-state index contributed by atoms with van der Waals surface area (Å²) in [7, 11) is 1.94. The summed E-state index contributed by atoms with van der Waals surface area (Å²) in [5.41, 5.74) is -0.391. The molecule has 0 spiro atoms. The molecule has 0 radical (unpaired) electrons. The SMILES string of the molecule is CN1CCC(NC(=O)c2ccncc2C(F)(F)F)C1c1ccccc1. The third-order valence-electron chi connectivity index (χ3n) is 4.48. The third-order valence-corrected chi connectivity index (χ3v) is 4.48. The Labute approximate surface area is 143 Å². The Morgan fingerprint density at radius 3 is 2.64 bits per heavy atom. The quantitative estimate of drug-likeness (QED) is 0.925. The van der Waals surface area contributed by atoms with E-state index in [1.165, 1.54) is 6.20 Å². The summed E-state index contributed by atoms with van der Waals surface area (Å²) in [5.74, 6) is -0.726. The molecule has 2 heterocycles. The lowest BCUT2D eigenvalue weighted by Crippen LogP contribution is -2.39. The van der Waals surface area contributed by atoms with E-state index in [1.807, 2.05) is 37.4 Å². The number of nitrogens with one attached hydrogen (secondary N) is 1. The number of likely N-dealkylation sites (N-methyl/N-ethyl adjacent to an activating group) is 1. The molecule has 132 valence electrons. The number of halogens is 3. The molecular formula is C18H18F3N3O. The zero-order valence-electron chi connectivity index (χ0n) is 13.6. The van der Waals surface area contributed by atoms with Crippen LogP contribution in [0.25, 0.3) is 0 Å². The molecule has 0 bridgehead atoms. The van der Waals surface area contributed by atoms with E-state index in [-0.39, 0.29) is 12.1 Å². The number of aromatic nitrogens is 1. The van der Waals surface area contributed by atoms with Gasteiger partial charge in [0.15, 0.2) is 0 Å². The standard InChI is InChI=1S/C18H18F3N3O/c1-24-10-8-15(16(24)12-5-3-2-4-6-12)23-17(25)13-7-9-22-11-14(13)18(19,20)21/h2-7,9,11,15-16H,8,10H2,1H3,(H,23,25). The highest BCUT2D eigenvalue weighted by molar-refractivity contribution is 5.96. The first-order valence-electron chi connectivity index (χ1n) is 7.95. The number of hydrogen-bond donors (Lipinski definition) is 1. The maximum Gasteiger partial charge on any atom is 0.418 e. The van der Waals surface area contributed by atoms with Crippen LogP contribution in [0, 0.1) is 0 Å². The van der Waals surface area contributed by atoms with Crippen LogP contribution in [-0.2, 0) is 6.18 Å². The van der Waals surface area contributed by atoms with E-state index in [9.17, 15) is 18.0 Å². The molecule has 3 rings (SSSR count). The van der Waals surface area contributed by atoms with Crippen molar-refractivity contribution in [2.45, 2.75) is 24.7 Å². The highest BCUT2D eigenvalue weighted by Crippen LogP contribution is 2.33. The molecule has 0 saturated carbocycles. The molecule has 4 nitrogen and oxygen atoms in total. The van der Waals surface area contributed by atoms with Crippen molar-refractivity contribution in [1.29, 1.82) is 0 Å². The van der Waals surface area contributed by atoms with E-state index in [0.29, 0.717) is 12.6 Å². The van der Waals surface area contributed by atoms with Gasteiger partial charge in [-0.3, -0.25) is 14.7 Å². The van der Waals surface area contributed by atoms with Gasteiger partial charge in [-0.05, 0) is 25.1 Å². The number of alkyl halides is 3. The second kappa shape index (κ2) is 6.84. The number of amides is 1. The van der Waals surface area contributed by atoms with E-state index in [4.69, 9.17) is 0 Å². The van der Waals surface area contributed by atoms with Gasteiger partial charge >= 0.3 is 6.18 Å². The molecule has 1 N–H and O–H groups in total. The van der Waals surface area contributed by atoms with Crippen LogP contribution in [0.15, 0.2) is 48.8 Å². The molecule has 1 aliphatic heterocycles. The minimum Gasteiger partial charge on any atom is -0.347 e. The van der Waals surface area contributed by atoms with Crippen molar-refractivity contribution >= 4 is 5.91 Å². The second-order valence-electron chi connectivity index (χ2n) is 6.12. The molecule has 1 aromatic carbocycles. The van der Waals surface area contributed by atoms with Crippen LogP contribution < -0.4 is 5.32 Å². The van der Waals surface area contributed by atoms with E-state index < -0.39 is 23.2 Å². The molecule has 2 aromatic rings. The topological polar surface area (TPSA) is 45.2 Å². The van der Waals surface area contributed by atoms with Crippen molar-refractivity contribution in [2.24, 2.45) is 0 Å². The third kappa shape index (κ3) is 3.66. The van der Waals surface area contributed by atoms with E-state index in [1.54, 1.807) is 0 Å². The van der Waals surface area contributed by atoms with Crippen molar-refractivity contribution in [2.75, 3.05) is 13.6 Å². The van der Waals surface area contributed by atoms with Gasteiger partial charge in [-0.15, -0.1) is 0 Å². The van der Waals surface area contributed by atoms with Crippen LogP contribution in [-0.4, -0.2) is 35.4 Å². The predicted molar refractivity (Wildman–Crippen MR) is 86.9 cm³/mol. The number of rotatable bonds is 3. The Kier molecular flexibility index (Phi) is 4.76. The fraction of sp³-hybridized carbons (Fsp3) is 0.333. The van der Waals surface area contributed by atoms with E-state index >= 15 is 0 Å². The smallest absolute Gasteiger partial charge is 0.347 e. The maximum atomic E-state index is 13.1. The number of carbonyl (C=O) groups excluding carboxylic acids is 1. The van der Waals surface area contributed by atoms with Gasteiger partial charge in [-0.25, -0.2) is 0 Å². The highest BCUT2D eigenvalue weighted by atomic mass is 19.4. The number of carbonyl (C=O) groups is 1. The number of pyridine rings is 1. The zero-order valence-corrected chi connectivity index (χ0v) is 13.6. The second-order valence-corrected chi connectivity index (χ2v) is 6.12. The molecule has 1 saturated heterocycles. The lowest BCUT2D eigenvalue weighted by molar-refractivity contribution is -0.138. The fourth-order valence-corrected chi connectivity index (χ4v) is 3.30. The minimum absolute atomic E-state index is 0.0682. The Morgan fingerprint density at radius 1 is 1.24 bits per heavy atom. The van der Waals surface area contributed by atoms with Crippen LogP contribution >= 0.6 is 0 Å². The van der Waals surface area contributed by atoms with Crippen LogP contribution in [0.5, 0.6) is 0 Å². The van der Waals surface area contributed by atoms with E-state index in [2.05, 4.69) is 15.2 Å². The van der Waals surface area contributed by atoms with Crippen LogP contribution in [0.3, 0.4) is 0 Å². The Morgan fingerprint density at radius 2 is 1.96 bits per heavy atom. The lowest BCUT2D eigenvalue weighted by Gasteiger charge is -2.26. The first kappa shape index (κ1) is 17.4. The van der Waals surface area contributed by atoms with Crippen LogP contribution in [0.1, 0.15) is 33.9 Å². The molecule has 25 heavy (non-hydrogen) atoms. The van der Waals surface area contributed by atoms with E-state index in [0.717, 1.165) is 18.2 Å². The molecule has 7 heteroatoms. The molecule has 1 aromatic heterocycles. The minimum atomic E-state index is -4.62. The molecule has 2 unspecified atom stereocenters. The van der Waals surface area contributed by atoms with Crippen molar-refractivity contribution in [3.8, 4) is 0 Å². The fourth-order valence-electron chi connectivity index (χ4n) is 3.30. The molecule has 1 aliphatic rings. The lowest BCUT2D eigenvalue weighted by atomic mass is 9.99. The summed E-state index contributed by atoms with van der Waals surface area (Å²) in [4.78, 5) is 18.1. The van der Waals surface area contributed by atoms with Gasteiger partial charge in [0.2, 0.25) is 0 Å². The molecule has 1 fully saturated rings. The predicted octanol–water partition coefficient (Wildman–Crippen LogP) is 3.28. The van der Waals surface area contributed by atoms with Crippen molar-refractivity contribution in [3.63, 3.8) is 0 Å². The Hall–Kier alpha value is -2.41. The summed E-state index contributed by atoms with van der Waals surface area (Å²) in [6.45, 7) is 0.757. The number of benzene rings is 1. The zero-order chi connectivity index (χ0) is 18.0. The number of hydrogen-bond acceptors (Lipinski definition) is 3. The van der Waals surface area contributed by atoms with Gasteiger partial charge in [0.1, 0.15) is 0 Å². The van der Waals surface area contributed by atoms with Crippen LogP contribution in [0.2, 0.25) is 0 Å². The van der Waals surface area contributed by atoms with Gasteiger partial charge < -0.3 is 5.32 Å². The summed E-state index contributed by atoms with van der Waals surface area (Å²) in [5, 5.41) is 2.78. The summed E-state index contributed by atoms with van der Waals surface area (Å²) in [6.07, 6.45) is -2.07. The monoisotopic (exact) mass is 349 g/mol. The number of nitrogens with zero attached hydrogens (tertiary/aromatic N) is 2. The van der Waals surface area contributed by atoms with Gasteiger partial charge in [0, 0.05) is 18.9 Å². The normalized spacial score (nSPS) is 21.3. The average Bonchev–Trinajstić information content (AvgIpc) is 2.95. The molecule has 0 aliphatic carbocycles. The van der Waals surface area contributed by atoms with Gasteiger partial charge in [-0.2, -0.15) is 13.2 Å². The molecular weight excluding hydrogens is 331 g/mol. The number of likely N-dealkylation sites (tertiary alicyclic amines) is 1. The summed E-state index contributed by atoms with van der Waals surface area (Å²) < 4.78 is 39.3. The van der Waals surface area contributed by atoms with Crippen molar-refractivity contribution in [3.05, 3.63) is 65.5 Å². The highest BCUT2D eigenvalue weighted by Gasteiger charge is 2.38. The van der Waals surface area contributed by atoms with Gasteiger partial charge in [0.05, 0.1) is 23.2 Å². The first-order chi connectivity index (χ1) is 11.9. The summed E-state index contributed by atoms with van der Waals surface area (Å²) >= 11 is 0. The van der Waals surface area contributed by atoms with Crippen molar-refractivity contribution < 1.29 is 18.0 Å². The largest absolute Gasteiger partial charge is 0.418 e. The molecule has 1 amide bonds. The van der Waals surface area contributed by atoms with Gasteiger partial charge in [0.25, 0.3) is 5.91 Å².